The summed E-state index contributed by atoms with van der Waals surface area (Å²) < 4.78 is 1.64. The number of nitrogens with one attached hydrogen (secondary N) is 1. The molecule has 18 heavy (non-hydrogen) atoms. The predicted molar refractivity (Wildman–Crippen MR) is 76.1 cm³/mol. The maximum Gasteiger partial charge on any atom is 0.181 e. The Labute approximate surface area is 121 Å². The van der Waals surface area contributed by atoms with Gasteiger partial charge in [-0.25, -0.2) is 4.98 Å². The monoisotopic (exact) mass is 317 g/mol. The summed E-state index contributed by atoms with van der Waals surface area (Å²) in [6.07, 6.45) is 3.51. The van der Waals surface area contributed by atoms with Gasteiger partial charge in [-0.3, -0.25) is 5.41 Å². The molecular weight excluding hydrogens is 310 g/mol. The van der Waals surface area contributed by atoms with Gasteiger partial charge in [-0.05, 0) is 24.1 Å². The molecule has 0 atom stereocenters. The van der Waals surface area contributed by atoms with E-state index in [1.54, 1.807) is 12.3 Å². The Balaban J connectivity index is 2.29. The number of nitrogen functional groups attached to an aromatic ring is 1. The van der Waals surface area contributed by atoms with Crippen molar-refractivity contribution in [1.29, 1.82) is 5.41 Å². The van der Waals surface area contributed by atoms with Gasteiger partial charge in [0.05, 0.1) is 5.02 Å². The van der Waals surface area contributed by atoms with E-state index in [1.807, 2.05) is 6.26 Å². The molecule has 2 rings (SSSR count). The second-order valence-electron chi connectivity index (χ2n) is 3.03. The molecule has 0 aliphatic rings. The highest BCUT2D eigenvalue weighted by molar-refractivity contribution is 8.03. The summed E-state index contributed by atoms with van der Waals surface area (Å²) in [5, 5.41) is 16.4. The van der Waals surface area contributed by atoms with Crippen LogP contribution in [0.25, 0.3) is 0 Å². The third-order valence-corrected chi connectivity index (χ3v) is 5.34. The molecule has 0 amide bonds. The predicted octanol–water partition coefficient (Wildman–Crippen LogP) is 2.74. The third-order valence-electron chi connectivity index (χ3n) is 1.89. The normalized spacial score (nSPS) is 10.6. The zero-order valence-electron chi connectivity index (χ0n) is 9.18. The van der Waals surface area contributed by atoms with Gasteiger partial charge in [0.25, 0.3) is 0 Å². The number of thioether (sulfide) groups is 1. The van der Waals surface area contributed by atoms with E-state index in [0.717, 1.165) is 8.68 Å². The molecule has 0 fully saturated rings. The van der Waals surface area contributed by atoms with Crippen molar-refractivity contribution in [2.24, 2.45) is 5.73 Å². The van der Waals surface area contributed by atoms with Crippen molar-refractivity contribution in [3.05, 3.63) is 22.8 Å². The van der Waals surface area contributed by atoms with Gasteiger partial charge in [0.1, 0.15) is 10.9 Å². The molecular formula is C9H8ClN5S3. The third kappa shape index (κ3) is 2.94. The van der Waals surface area contributed by atoms with Crippen molar-refractivity contribution in [1.82, 2.24) is 15.2 Å². The molecule has 2 heterocycles. The molecule has 0 aromatic carbocycles. The van der Waals surface area contributed by atoms with E-state index in [9.17, 15) is 0 Å². The van der Waals surface area contributed by atoms with Crippen LogP contribution in [-0.4, -0.2) is 27.3 Å². The zero-order chi connectivity index (χ0) is 13.1. The van der Waals surface area contributed by atoms with E-state index in [4.69, 9.17) is 22.7 Å². The Morgan fingerprint density at radius 1 is 1.44 bits per heavy atom. The van der Waals surface area contributed by atoms with E-state index >= 15 is 0 Å². The Morgan fingerprint density at radius 3 is 2.78 bits per heavy atom. The molecule has 0 saturated carbocycles. The average molecular weight is 318 g/mol. The first-order valence-corrected chi connectivity index (χ1v) is 7.89. The molecule has 2 aromatic heterocycles. The van der Waals surface area contributed by atoms with Gasteiger partial charge >= 0.3 is 0 Å². The first-order valence-electron chi connectivity index (χ1n) is 4.66. The van der Waals surface area contributed by atoms with Gasteiger partial charge in [0.2, 0.25) is 0 Å². The van der Waals surface area contributed by atoms with Crippen molar-refractivity contribution in [3.63, 3.8) is 0 Å². The fraction of sp³-hybridized carbons (Fsp3) is 0.111. The van der Waals surface area contributed by atoms with Crippen LogP contribution in [0.2, 0.25) is 5.02 Å². The number of amidine groups is 1. The van der Waals surface area contributed by atoms with E-state index in [1.165, 1.54) is 34.9 Å². The van der Waals surface area contributed by atoms with Crippen LogP contribution in [0.4, 0.5) is 0 Å². The summed E-state index contributed by atoms with van der Waals surface area (Å²) in [6, 6.07) is 1.61. The number of nitrogens with two attached hydrogens (primary N) is 1. The molecule has 0 saturated heterocycles. The molecule has 0 aliphatic carbocycles. The van der Waals surface area contributed by atoms with Gasteiger partial charge in [-0.1, -0.05) is 34.7 Å². The van der Waals surface area contributed by atoms with E-state index in [-0.39, 0.29) is 5.84 Å². The Hall–Kier alpha value is -0.830. The summed E-state index contributed by atoms with van der Waals surface area (Å²) >= 11 is 10.5. The molecule has 0 aliphatic heterocycles. The van der Waals surface area contributed by atoms with E-state index < -0.39 is 0 Å². The molecule has 0 radical (unpaired) electrons. The minimum absolute atomic E-state index is 0.0775. The maximum absolute atomic E-state index is 7.41. The van der Waals surface area contributed by atoms with Crippen LogP contribution >= 0.6 is 46.5 Å². The highest BCUT2D eigenvalue weighted by atomic mass is 35.5. The molecule has 0 bridgehead atoms. The lowest BCUT2D eigenvalue weighted by atomic mass is 10.2. The molecule has 5 nitrogen and oxygen atoms in total. The lowest BCUT2D eigenvalue weighted by molar-refractivity contribution is 0.953. The SMILES string of the molecule is CSc1nnc(Sc2nccc(C(=N)N)c2Cl)s1. The average Bonchev–Trinajstić information content (AvgIpc) is 2.79. The van der Waals surface area contributed by atoms with Crippen molar-refractivity contribution < 1.29 is 0 Å². The molecule has 9 heteroatoms. The van der Waals surface area contributed by atoms with Crippen LogP contribution in [-0.2, 0) is 0 Å². The van der Waals surface area contributed by atoms with Gasteiger partial charge in [-0.15, -0.1) is 10.2 Å². The number of nitrogens with zero attached hydrogens (tertiary/aromatic N) is 3. The highest BCUT2D eigenvalue weighted by Crippen LogP contribution is 2.36. The van der Waals surface area contributed by atoms with E-state index in [2.05, 4.69) is 15.2 Å². The fourth-order valence-corrected chi connectivity index (χ4v) is 3.80. The van der Waals surface area contributed by atoms with Crippen LogP contribution in [0.15, 0.2) is 26.0 Å². The van der Waals surface area contributed by atoms with Crippen molar-refractivity contribution in [2.45, 2.75) is 13.7 Å². The van der Waals surface area contributed by atoms with Crippen LogP contribution in [0.5, 0.6) is 0 Å². The van der Waals surface area contributed by atoms with E-state index in [0.29, 0.717) is 15.6 Å². The molecule has 0 spiro atoms. The van der Waals surface area contributed by atoms with Crippen LogP contribution in [0, 0.1) is 5.41 Å². The standard InChI is InChI=1S/C9H8ClN5S3/c1-16-8-14-15-9(18-8)17-7-5(10)4(6(11)12)2-3-13-7/h2-3H,1H3,(H3,11,12). The smallest absolute Gasteiger partial charge is 0.181 e. The topological polar surface area (TPSA) is 88.5 Å². The zero-order valence-corrected chi connectivity index (χ0v) is 12.4. The summed E-state index contributed by atoms with van der Waals surface area (Å²) in [5.74, 6) is -0.0775. The molecule has 3 N–H and O–H groups in total. The van der Waals surface area contributed by atoms with Gasteiger partial charge in [-0.2, -0.15) is 0 Å². The second-order valence-corrected chi connectivity index (χ2v) is 6.68. The number of aromatic nitrogens is 3. The first-order chi connectivity index (χ1) is 8.61. The largest absolute Gasteiger partial charge is 0.384 e. The summed E-state index contributed by atoms with van der Waals surface area (Å²) in [7, 11) is 0. The Bertz CT molecular complexity index is 585. The maximum atomic E-state index is 7.41. The quantitative estimate of drug-likeness (QED) is 0.512. The Kier molecular flexibility index (Phi) is 4.44. The summed E-state index contributed by atoms with van der Waals surface area (Å²) in [6.45, 7) is 0. The van der Waals surface area contributed by atoms with Gasteiger partial charge < -0.3 is 5.73 Å². The van der Waals surface area contributed by atoms with Gasteiger partial charge in [0, 0.05) is 11.8 Å². The minimum Gasteiger partial charge on any atom is -0.384 e. The molecule has 94 valence electrons. The second kappa shape index (κ2) is 5.87. The lowest BCUT2D eigenvalue weighted by Gasteiger charge is -2.04. The summed E-state index contributed by atoms with van der Waals surface area (Å²) in [5.41, 5.74) is 5.91. The highest BCUT2D eigenvalue weighted by Gasteiger charge is 2.13. The molecule has 2 aromatic rings. The van der Waals surface area contributed by atoms with Crippen molar-refractivity contribution >= 4 is 52.3 Å². The fourth-order valence-electron chi connectivity index (χ4n) is 1.11. The minimum atomic E-state index is -0.0775. The van der Waals surface area contributed by atoms with Crippen LogP contribution < -0.4 is 5.73 Å². The summed E-state index contributed by atoms with van der Waals surface area (Å²) in [4.78, 5) is 4.16. The van der Waals surface area contributed by atoms with Crippen LogP contribution in [0.1, 0.15) is 5.56 Å². The van der Waals surface area contributed by atoms with Crippen LogP contribution in [0.3, 0.4) is 0 Å². The number of halogens is 1. The number of hydrogen-bond donors (Lipinski definition) is 2. The lowest BCUT2D eigenvalue weighted by Crippen LogP contribution is -2.12. The number of hydrogen-bond acceptors (Lipinski definition) is 7. The molecule has 0 unspecified atom stereocenters. The number of rotatable bonds is 4. The number of pyridine rings is 1. The van der Waals surface area contributed by atoms with Crippen molar-refractivity contribution in [2.75, 3.05) is 6.26 Å². The van der Waals surface area contributed by atoms with Crippen molar-refractivity contribution in [3.8, 4) is 0 Å². The van der Waals surface area contributed by atoms with Gasteiger partial charge in [0.15, 0.2) is 8.68 Å². The first kappa shape index (κ1) is 13.6. The Morgan fingerprint density at radius 2 is 2.17 bits per heavy atom.